The maximum Gasteiger partial charge on any atom is 0.242 e. The molecule has 0 aromatic heterocycles. The van der Waals surface area contributed by atoms with Crippen molar-refractivity contribution in [3.63, 3.8) is 0 Å². The number of amides is 1. The zero-order valence-electron chi connectivity index (χ0n) is 16.0. The largest absolute Gasteiger partial charge is 0.387 e. The van der Waals surface area contributed by atoms with Gasteiger partial charge in [-0.3, -0.25) is 9.79 Å². The molecular weight excluding hydrogens is 451 g/mol. The van der Waals surface area contributed by atoms with E-state index in [1.807, 2.05) is 16.7 Å². The third-order valence-electron chi connectivity index (χ3n) is 4.58. The highest BCUT2D eigenvalue weighted by atomic mass is 127. The fourth-order valence-corrected chi connectivity index (χ4v) is 4.97. The lowest BCUT2D eigenvalue weighted by atomic mass is 9.96. The van der Waals surface area contributed by atoms with Gasteiger partial charge in [0.15, 0.2) is 5.96 Å². The van der Waals surface area contributed by atoms with E-state index in [1.54, 1.807) is 11.8 Å². The number of nitrogens with one attached hydrogen (secondary N) is 1. The van der Waals surface area contributed by atoms with E-state index >= 15 is 0 Å². The number of carbonyl (C=O) groups is 1. The summed E-state index contributed by atoms with van der Waals surface area (Å²) in [5.41, 5.74) is -0.954. The van der Waals surface area contributed by atoms with Gasteiger partial charge in [0.1, 0.15) is 0 Å². The molecule has 0 aromatic carbocycles. The predicted molar refractivity (Wildman–Crippen MR) is 116 cm³/mol. The summed E-state index contributed by atoms with van der Waals surface area (Å²) in [4.78, 5) is 21.3. The van der Waals surface area contributed by atoms with Crippen molar-refractivity contribution in [2.24, 2.45) is 4.99 Å². The minimum absolute atomic E-state index is 0. The van der Waals surface area contributed by atoms with E-state index in [-0.39, 0.29) is 41.5 Å². The first kappa shape index (κ1) is 22.8. The van der Waals surface area contributed by atoms with Gasteiger partial charge in [0.05, 0.1) is 24.2 Å². The molecule has 0 bridgehead atoms. The number of hydrogen-bond acceptors (Lipinski definition) is 4. The van der Waals surface area contributed by atoms with Gasteiger partial charge in [-0.25, -0.2) is 0 Å². The summed E-state index contributed by atoms with van der Waals surface area (Å²) in [7, 11) is 0. The van der Waals surface area contributed by atoms with Gasteiger partial charge in [0.25, 0.3) is 0 Å². The van der Waals surface area contributed by atoms with E-state index in [0.29, 0.717) is 13.1 Å². The molecule has 1 atom stereocenters. The number of aliphatic hydroxyl groups is 1. The molecule has 0 saturated carbocycles. The molecule has 25 heavy (non-hydrogen) atoms. The van der Waals surface area contributed by atoms with E-state index in [1.165, 1.54) is 0 Å². The van der Waals surface area contributed by atoms with Crippen LogP contribution in [-0.4, -0.2) is 81.6 Å². The Balaban J connectivity index is 0.00000312. The molecule has 8 heteroatoms. The van der Waals surface area contributed by atoms with Gasteiger partial charge in [0.2, 0.25) is 5.91 Å². The van der Waals surface area contributed by atoms with Gasteiger partial charge < -0.3 is 20.2 Å². The van der Waals surface area contributed by atoms with Crippen LogP contribution in [0.1, 0.15) is 41.0 Å². The molecule has 6 nitrogen and oxygen atoms in total. The Morgan fingerprint density at radius 1 is 1.44 bits per heavy atom. The number of guanidine groups is 1. The summed E-state index contributed by atoms with van der Waals surface area (Å²) in [5.74, 6) is 2.58. The maximum absolute atomic E-state index is 12.6. The lowest BCUT2D eigenvalue weighted by Crippen LogP contribution is -2.66. The average Bonchev–Trinajstić information content (AvgIpc) is 2.88. The van der Waals surface area contributed by atoms with Crippen molar-refractivity contribution in [1.29, 1.82) is 0 Å². The van der Waals surface area contributed by atoms with Crippen molar-refractivity contribution < 1.29 is 9.90 Å². The highest BCUT2D eigenvalue weighted by Crippen LogP contribution is 2.28. The molecule has 2 aliphatic rings. The van der Waals surface area contributed by atoms with Gasteiger partial charge in [-0.15, -0.1) is 24.0 Å². The second kappa shape index (κ2) is 9.12. The monoisotopic (exact) mass is 484 g/mol. The van der Waals surface area contributed by atoms with Crippen LogP contribution in [-0.2, 0) is 4.79 Å². The minimum Gasteiger partial charge on any atom is -0.387 e. The van der Waals surface area contributed by atoms with Crippen molar-refractivity contribution in [3.05, 3.63) is 0 Å². The van der Waals surface area contributed by atoms with Crippen LogP contribution in [0, 0.1) is 0 Å². The summed E-state index contributed by atoms with van der Waals surface area (Å²) in [5, 5.41) is 13.8. The van der Waals surface area contributed by atoms with Gasteiger partial charge in [-0.1, -0.05) is 0 Å². The fraction of sp³-hybridized carbons (Fsp3) is 0.882. The average molecular weight is 484 g/mol. The van der Waals surface area contributed by atoms with E-state index in [4.69, 9.17) is 0 Å². The molecule has 2 saturated heterocycles. The number of rotatable bonds is 4. The van der Waals surface area contributed by atoms with Crippen LogP contribution in [0.25, 0.3) is 0 Å². The second-order valence-electron chi connectivity index (χ2n) is 7.72. The smallest absolute Gasteiger partial charge is 0.242 e. The van der Waals surface area contributed by atoms with Crippen LogP contribution in [0.2, 0.25) is 0 Å². The number of halogens is 1. The molecule has 1 unspecified atom stereocenters. The Labute approximate surface area is 173 Å². The van der Waals surface area contributed by atoms with Crippen LogP contribution < -0.4 is 5.32 Å². The summed E-state index contributed by atoms with van der Waals surface area (Å²) < 4.78 is 0. The minimum atomic E-state index is -0.704. The van der Waals surface area contributed by atoms with E-state index < -0.39 is 5.60 Å². The molecule has 0 radical (unpaired) electrons. The first-order chi connectivity index (χ1) is 11.2. The van der Waals surface area contributed by atoms with Gasteiger partial charge >= 0.3 is 0 Å². The summed E-state index contributed by atoms with van der Waals surface area (Å²) in [6, 6.07) is 0.186. The second-order valence-corrected chi connectivity index (χ2v) is 8.83. The quantitative estimate of drug-likeness (QED) is 0.362. The van der Waals surface area contributed by atoms with Crippen molar-refractivity contribution in [2.75, 3.05) is 37.7 Å². The van der Waals surface area contributed by atoms with Crippen molar-refractivity contribution in [3.8, 4) is 0 Å². The van der Waals surface area contributed by atoms with Crippen molar-refractivity contribution in [2.45, 2.75) is 58.2 Å². The lowest BCUT2D eigenvalue weighted by Gasteiger charge is -2.49. The lowest BCUT2D eigenvalue weighted by molar-refractivity contribution is -0.145. The summed E-state index contributed by atoms with van der Waals surface area (Å²) >= 11 is 1.77. The predicted octanol–water partition coefficient (Wildman–Crippen LogP) is 1.77. The third kappa shape index (κ3) is 5.63. The first-order valence-corrected chi connectivity index (χ1v) is 9.99. The molecule has 2 aliphatic heterocycles. The standard InChI is InChI=1S/C17H32N4O2S.HI/c1-6-18-15(19-10-17(23)7-8-24-12-17)20-9-14(22)21(13(2)3)16(4,5)11-20;/h13,23H,6-12H2,1-5H3,(H,18,19);1H. The van der Waals surface area contributed by atoms with E-state index in [2.05, 4.69) is 38.0 Å². The number of hydrogen-bond donors (Lipinski definition) is 2. The Morgan fingerprint density at radius 3 is 2.60 bits per heavy atom. The Hall–Kier alpha value is -0.220. The third-order valence-corrected chi connectivity index (χ3v) is 5.82. The fourth-order valence-electron chi connectivity index (χ4n) is 3.68. The van der Waals surface area contributed by atoms with Crippen molar-refractivity contribution in [1.82, 2.24) is 15.1 Å². The summed E-state index contributed by atoms with van der Waals surface area (Å²) in [6.45, 7) is 12.5. The Morgan fingerprint density at radius 2 is 2.12 bits per heavy atom. The molecule has 146 valence electrons. The van der Waals surface area contributed by atoms with Crippen LogP contribution >= 0.6 is 35.7 Å². The number of carbonyl (C=O) groups excluding carboxylic acids is 1. The van der Waals surface area contributed by atoms with Gasteiger partial charge in [-0.05, 0) is 46.8 Å². The number of piperazine rings is 1. The first-order valence-electron chi connectivity index (χ1n) is 8.84. The van der Waals surface area contributed by atoms with Gasteiger partial charge in [0, 0.05) is 24.9 Å². The van der Waals surface area contributed by atoms with Crippen LogP contribution in [0.15, 0.2) is 4.99 Å². The molecule has 0 aromatic rings. The maximum atomic E-state index is 12.6. The zero-order valence-corrected chi connectivity index (χ0v) is 19.2. The molecule has 1 amide bonds. The van der Waals surface area contributed by atoms with Crippen LogP contribution in [0.5, 0.6) is 0 Å². The number of nitrogens with zero attached hydrogens (tertiary/aromatic N) is 3. The molecular formula is C17H33IN4O2S. The van der Waals surface area contributed by atoms with Gasteiger partial charge in [-0.2, -0.15) is 11.8 Å². The molecule has 2 heterocycles. The Bertz CT molecular complexity index is 493. The van der Waals surface area contributed by atoms with E-state index in [0.717, 1.165) is 37.0 Å². The SMILES string of the molecule is CCNC(=NCC1(O)CCSC1)N1CC(=O)N(C(C)C)C(C)(C)C1.I. The highest BCUT2D eigenvalue weighted by molar-refractivity contribution is 14.0. The normalized spacial score (nSPS) is 26.8. The molecule has 0 aliphatic carbocycles. The number of aliphatic imine (C=N–C) groups is 1. The molecule has 2 rings (SSSR count). The molecule has 2 N–H and O–H groups in total. The summed E-state index contributed by atoms with van der Waals surface area (Å²) in [6.07, 6.45) is 0.784. The highest BCUT2D eigenvalue weighted by Gasteiger charge is 2.41. The molecule has 2 fully saturated rings. The van der Waals surface area contributed by atoms with Crippen molar-refractivity contribution >= 4 is 47.6 Å². The zero-order chi connectivity index (χ0) is 18.0. The van der Waals surface area contributed by atoms with E-state index in [9.17, 15) is 9.90 Å². The van der Waals surface area contributed by atoms with Crippen LogP contribution in [0.4, 0.5) is 0 Å². The molecule has 0 spiro atoms. The topological polar surface area (TPSA) is 68.2 Å². The number of thioether (sulfide) groups is 1. The van der Waals surface area contributed by atoms with Crippen LogP contribution in [0.3, 0.4) is 0 Å². The Kier molecular flexibility index (Phi) is 8.33.